The van der Waals surface area contributed by atoms with Gasteiger partial charge >= 0.3 is 0 Å². The van der Waals surface area contributed by atoms with Gasteiger partial charge in [-0.3, -0.25) is 0 Å². The molecule has 1 unspecified atom stereocenters. The standard InChI is InChI=1S/C13H27NO/c1-3-13(11-15-2)14-10-9-12-7-5-4-6-8-12/h12-14H,3-11H2,1-2H3. The molecule has 1 N–H and O–H groups in total. The predicted octanol–water partition coefficient (Wildman–Crippen LogP) is 2.97. The monoisotopic (exact) mass is 213 g/mol. The molecule has 2 nitrogen and oxygen atoms in total. The molecule has 15 heavy (non-hydrogen) atoms. The van der Waals surface area contributed by atoms with Crippen LogP contribution in [0, 0.1) is 5.92 Å². The van der Waals surface area contributed by atoms with Gasteiger partial charge in [-0.25, -0.2) is 0 Å². The van der Waals surface area contributed by atoms with Gasteiger partial charge in [0.1, 0.15) is 0 Å². The van der Waals surface area contributed by atoms with Crippen molar-refractivity contribution in [3.8, 4) is 0 Å². The molecule has 1 fully saturated rings. The lowest BCUT2D eigenvalue weighted by Gasteiger charge is -2.23. The minimum absolute atomic E-state index is 0.554. The second-order valence-electron chi connectivity index (χ2n) is 4.81. The first-order valence-corrected chi connectivity index (χ1v) is 6.59. The second-order valence-corrected chi connectivity index (χ2v) is 4.81. The van der Waals surface area contributed by atoms with Crippen molar-refractivity contribution < 1.29 is 4.74 Å². The van der Waals surface area contributed by atoms with Crippen LogP contribution in [0.3, 0.4) is 0 Å². The van der Waals surface area contributed by atoms with Crippen LogP contribution in [-0.2, 0) is 4.74 Å². The molecule has 0 amide bonds. The van der Waals surface area contributed by atoms with E-state index < -0.39 is 0 Å². The van der Waals surface area contributed by atoms with Crippen LogP contribution in [0.25, 0.3) is 0 Å². The Balaban J connectivity index is 2.03. The van der Waals surface area contributed by atoms with E-state index in [0.717, 1.165) is 12.5 Å². The molecule has 1 saturated carbocycles. The topological polar surface area (TPSA) is 21.3 Å². The van der Waals surface area contributed by atoms with Gasteiger partial charge < -0.3 is 10.1 Å². The maximum Gasteiger partial charge on any atom is 0.0615 e. The molecule has 0 aromatic heterocycles. The lowest BCUT2D eigenvalue weighted by molar-refractivity contribution is 0.163. The molecule has 2 heteroatoms. The van der Waals surface area contributed by atoms with E-state index in [9.17, 15) is 0 Å². The molecule has 0 spiro atoms. The quantitative estimate of drug-likeness (QED) is 0.702. The van der Waals surface area contributed by atoms with Gasteiger partial charge in [-0.05, 0) is 25.3 Å². The molecule has 1 aliphatic rings. The Morgan fingerprint density at radius 3 is 2.60 bits per heavy atom. The van der Waals surface area contributed by atoms with Crippen molar-refractivity contribution >= 4 is 0 Å². The summed E-state index contributed by atoms with van der Waals surface area (Å²) in [5.74, 6) is 0.992. The minimum atomic E-state index is 0.554. The average Bonchev–Trinajstić information content (AvgIpc) is 2.29. The Hall–Kier alpha value is -0.0800. The van der Waals surface area contributed by atoms with E-state index in [1.807, 2.05) is 0 Å². The fourth-order valence-electron chi connectivity index (χ4n) is 2.49. The Bertz CT molecular complexity index is 139. The first-order chi connectivity index (χ1) is 7.36. The van der Waals surface area contributed by atoms with Crippen molar-refractivity contribution in [1.29, 1.82) is 0 Å². The molecular formula is C13H27NO. The molecule has 0 saturated heterocycles. The SMILES string of the molecule is CCC(COC)NCCC1CCCCC1. The molecule has 0 aromatic carbocycles. The zero-order chi connectivity index (χ0) is 10.9. The van der Waals surface area contributed by atoms with Gasteiger partial charge in [0.25, 0.3) is 0 Å². The maximum absolute atomic E-state index is 5.17. The van der Waals surface area contributed by atoms with Gasteiger partial charge in [0.2, 0.25) is 0 Å². The fraction of sp³-hybridized carbons (Fsp3) is 1.00. The second kappa shape index (κ2) is 8.12. The normalized spacial score (nSPS) is 20.4. The van der Waals surface area contributed by atoms with Crippen molar-refractivity contribution in [2.45, 2.75) is 57.9 Å². The summed E-state index contributed by atoms with van der Waals surface area (Å²) >= 11 is 0. The number of ether oxygens (including phenoxy) is 1. The highest BCUT2D eigenvalue weighted by atomic mass is 16.5. The average molecular weight is 213 g/mol. The molecule has 0 aromatic rings. The van der Waals surface area contributed by atoms with Gasteiger partial charge in [-0.1, -0.05) is 39.0 Å². The van der Waals surface area contributed by atoms with Gasteiger partial charge in [-0.15, -0.1) is 0 Å². The van der Waals surface area contributed by atoms with E-state index in [4.69, 9.17) is 4.74 Å². The van der Waals surface area contributed by atoms with Gasteiger partial charge in [0.15, 0.2) is 0 Å². The van der Waals surface area contributed by atoms with Crippen molar-refractivity contribution in [2.75, 3.05) is 20.3 Å². The summed E-state index contributed by atoms with van der Waals surface area (Å²) in [5, 5.41) is 3.59. The Morgan fingerprint density at radius 1 is 1.27 bits per heavy atom. The Kier molecular flexibility index (Phi) is 7.03. The summed E-state index contributed by atoms with van der Waals surface area (Å²) < 4.78 is 5.17. The summed E-state index contributed by atoms with van der Waals surface area (Å²) in [5.41, 5.74) is 0. The molecule has 0 heterocycles. The van der Waals surface area contributed by atoms with Crippen LogP contribution in [0.15, 0.2) is 0 Å². The van der Waals surface area contributed by atoms with Gasteiger partial charge in [-0.2, -0.15) is 0 Å². The fourth-order valence-corrected chi connectivity index (χ4v) is 2.49. The van der Waals surface area contributed by atoms with E-state index in [-0.39, 0.29) is 0 Å². The van der Waals surface area contributed by atoms with Crippen LogP contribution in [0.5, 0.6) is 0 Å². The van der Waals surface area contributed by atoms with Crippen LogP contribution in [0.1, 0.15) is 51.9 Å². The number of nitrogens with one attached hydrogen (secondary N) is 1. The summed E-state index contributed by atoms with van der Waals surface area (Å²) in [4.78, 5) is 0. The highest BCUT2D eigenvalue weighted by Gasteiger charge is 2.13. The molecule has 1 rings (SSSR count). The Labute approximate surface area is 94.8 Å². The highest BCUT2D eigenvalue weighted by Crippen LogP contribution is 2.25. The number of hydrogen-bond donors (Lipinski definition) is 1. The molecule has 1 atom stereocenters. The summed E-state index contributed by atoms with van der Waals surface area (Å²) in [6, 6.07) is 0.554. The van der Waals surface area contributed by atoms with Crippen LogP contribution in [0.2, 0.25) is 0 Å². The minimum Gasteiger partial charge on any atom is -0.383 e. The zero-order valence-corrected chi connectivity index (χ0v) is 10.4. The van der Waals surface area contributed by atoms with Crippen molar-refractivity contribution in [2.24, 2.45) is 5.92 Å². The first kappa shape index (κ1) is 13.0. The molecule has 0 bridgehead atoms. The molecule has 0 aliphatic heterocycles. The first-order valence-electron chi connectivity index (χ1n) is 6.59. The third kappa shape index (κ3) is 5.53. The smallest absolute Gasteiger partial charge is 0.0615 e. The van der Waals surface area contributed by atoms with Crippen LogP contribution >= 0.6 is 0 Å². The zero-order valence-electron chi connectivity index (χ0n) is 10.4. The van der Waals surface area contributed by atoms with Crippen molar-refractivity contribution in [1.82, 2.24) is 5.32 Å². The van der Waals surface area contributed by atoms with Crippen LogP contribution < -0.4 is 5.32 Å². The third-order valence-corrected chi connectivity index (χ3v) is 3.57. The molecule has 90 valence electrons. The highest BCUT2D eigenvalue weighted by molar-refractivity contribution is 4.69. The largest absolute Gasteiger partial charge is 0.383 e. The van der Waals surface area contributed by atoms with Crippen LogP contribution in [-0.4, -0.2) is 26.3 Å². The summed E-state index contributed by atoms with van der Waals surface area (Å²) in [6.45, 7) is 4.24. The summed E-state index contributed by atoms with van der Waals surface area (Å²) in [7, 11) is 1.78. The van der Waals surface area contributed by atoms with Gasteiger partial charge in [0, 0.05) is 13.2 Å². The van der Waals surface area contributed by atoms with E-state index in [1.54, 1.807) is 7.11 Å². The van der Waals surface area contributed by atoms with Crippen molar-refractivity contribution in [3.63, 3.8) is 0 Å². The number of hydrogen-bond acceptors (Lipinski definition) is 2. The van der Waals surface area contributed by atoms with Crippen molar-refractivity contribution in [3.05, 3.63) is 0 Å². The third-order valence-electron chi connectivity index (χ3n) is 3.57. The lowest BCUT2D eigenvalue weighted by atomic mass is 9.87. The van der Waals surface area contributed by atoms with E-state index in [2.05, 4.69) is 12.2 Å². The predicted molar refractivity (Wildman–Crippen MR) is 65.1 cm³/mol. The number of rotatable bonds is 7. The molecular weight excluding hydrogens is 186 g/mol. The van der Waals surface area contributed by atoms with Crippen LogP contribution in [0.4, 0.5) is 0 Å². The molecule has 1 aliphatic carbocycles. The Morgan fingerprint density at radius 2 is 2.00 bits per heavy atom. The summed E-state index contributed by atoms with van der Waals surface area (Å²) in [6.07, 6.45) is 9.83. The maximum atomic E-state index is 5.17. The van der Waals surface area contributed by atoms with E-state index in [0.29, 0.717) is 6.04 Å². The van der Waals surface area contributed by atoms with E-state index in [1.165, 1.54) is 51.5 Å². The van der Waals surface area contributed by atoms with E-state index >= 15 is 0 Å². The number of methoxy groups -OCH3 is 1. The lowest BCUT2D eigenvalue weighted by Crippen LogP contribution is -2.34. The molecule has 0 radical (unpaired) electrons. The van der Waals surface area contributed by atoms with Gasteiger partial charge in [0.05, 0.1) is 6.61 Å².